The summed E-state index contributed by atoms with van der Waals surface area (Å²) < 4.78 is 7.40. The van der Waals surface area contributed by atoms with Gasteiger partial charge in [-0.05, 0) is 45.7 Å². The van der Waals surface area contributed by atoms with E-state index in [9.17, 15) is 4.79 Å². The van der Waals surface area contributed by atoms with Crippen molar-refractivity contribution in [2.75, 3.05) is 29.9 Å². The molecule has 1 aliphatic rings. The highest BCUT2D eigenvalue weighted by Crippen LogP contribution is 2.29. The number of amides is 1. The molecule has 1 atom stereocenters. The smallest absolute Gasteiger partial charge is 0.254 e. The van der Waals surface area contributed by atoms with E-state index in [1.165, 1.54) is 6.33 Å². The molecule has 0 aliphatic carbocycles. The molecule has 1 amide bonds. The van der Waals surface area contributed by atoms with Gasteiger partial charge in [-0.3, -0.25) is 4.79 Å². The van der Waals surface area contributed by atoms with Gasteiger partial charge in [0.25, 0.3) is 5.78 Å². The molecule has 0 saturated carbocycles. The predicted octanol–water partition coefficient (Wildman–Crippen LogP) is 2.99. The van der Waals surface area contributed by atoms with E-state index in [0.717, 1.165) is 36.5 Å². The van der Waals surface area contributed by atoms with Crippen molar-refractivity contribution in [3.05, 3.63) is 41.9 Å². The molecule has 2 aromatic heterocycles. The normalized spacial score (nSPS) is 16.8. The van der Waals surface area contributed by atoms with E-state index in [1.807, 2.05) is 45.0 Å². The summed E-state index contributed by atoms with van der Waals surface area (Å²) in [4.78, 5) is 24.0. The highest BCUT2D eigenvalue weighted by atomic mass is 16.5. The Balaban J connectivity index is 1.56. The van der Waals surface area contributed by atoms with Crippen LogP contribution in [0.2, 0.25) is 0 Å². The number of aryl methyl sites for hydroxylation is 1. The van der Waals surface area contributed by atoms with Crippen LogP contribution in [-0.2, 0) is 4.79 Å². The van der Waals surface area contributed by atoms with Crippen molar-refractivity contribution < 1.29 is 9.53 Å². The molecule has 1 aliphatic heterocycles. The SMILES string of the molecule is CCOc1ccccc1NC(=O)C1CCCN(c2c(C)c(C)nc3ncnn23)C1. The highest BCUT2D eigenvalue weighted by molar-refractivity contribution is 5.94. The van der Waals surface area contributed by atoms with Crippen LogP contribution in [0.3, 0.4) is 0 Å². The highest BCUT2D eigenvalue weighted by Gasteiger charge is 2.29. The Bertz CT molecular complexity index is 1030. The number of anilines is 2. The monoisotopic (exact) mass is 394 g/mol. The third kappa shape index (κ3) is 3.74. The van der Waals surface area contributed by atoms with Crippen LogP contribution in [0, 0.1) is 19.8 Å². The van der Waals surface area contributed by atoms with Crippen LogP contribution in [0.25, 0.3) is 5.78 Å². The first-order valence-corrected chi connectivity index (χ1v) is 10.0. The third-order valence-corrected chi connectivity index (χ3v) is 5.41. The second-order valence-corrected chi connectivity index (χ2v) is 7.32. The molecule has 0 bridgehead atoms. The fraction of sp³-hybridized carbons (Fsp3) is 0.429. The molecule has 3 heterocycles. The summed E-state index contributed by atoms with van der Waals surface area (Å²) in [7, 11) is 0. The van der Waals surface area contributed by atoms with E-state index in [4.69, 9.17) is 4.74 Å². The van der Waals surface area contributed by atoms with Crippen molar-refractivity contribution in [2.45, 2.75) is 33.6 Å². The molecule has 1 saturated heterocycles. The van der Waals surface area contributed by atoms with Crippen molar-refractivity contribution in [3.63, 3.8) is 0 Å². The Hall–Kier alpha value is -3.16. The first-order chi connectivity index (χ1) is 14.1. The van der Waals surface area contributed by atoms with E-state index < -0.39 is 0 Å². The van der Waals surface area contributed by atoms with E-state index in [2.05, 4.69) is 25.3 Å². The van der Waals surface area contributed by atoms with Gasteiger partial charge in [0.2, 0.25) is 5.91 Å². The second kappa shape index (κ2) is 8.06. The van der Waals surface area contributed by atoms with Crippen molar-refractivity contribution >= 4 is 23.2 Å². The van der Waals surface area contributed by atoms with Gasteiger partial charge in [0.05, 0.1) is 18.2 Å². The van der Waals surface area contributed by atoms with E-state index in [-0.39, 0.29) is 11.8 Å². The number of rotatable bonds is 5. The molecule has 1 N–H and O–H groups in total. The number of ether oxygens (including phenoxy) is 1. The lowest BCUT2D eigenvalue weighted by Gasteiger charge is -2.34. The van der Waals surface area contributed by atoms with E-state index in [1.54, 1.807) is 4.52 Å². The number of carbonyl (C=O) groups is 1. The minimum atomic E-state index is -0.120. The molecular weight excluding hydrogens is 368 g/mol. The average molecular weight is 394 g/mol. The molecule has 0 radical (unpaired) electrons. The topological polar surface area (TPSA) is 84.6 Å². The molecule has 1 fully saturated rings. The van der Waals surface area contributed by atoms with Gasteiger partial charge in [0.15, 0.2) is 0 Å². The minimum Gasteiger partial charge on any atom is -0.492 e. The van der Waals surface area contributed by atoms with Crippen LogP contribution in [0.1, 0.15) is 31.0 Å². The van der Waals surface area contributed by atoms with Crippen molar-refractivity contribution in [2.24, 2.45) is 5.92 Å². The quantitative estimate of drug-likeness (QED) is 0.716. The molecule has 4 rings (SSSR count). The predicted molar refractivity (Wildman–Crippen MR) is 111 cm³/mol. The Morgan fingerprint density at radius 2 is 2.14 bits per heavy atom. The van der Waals surface area contributed by atoms with Crippen LogP contribution in [0.4, 0.5) is 11.5 Å². The van der Waals surface area contributed by atoms with Gasteiger partial charge in [0.1, 0.15) is 17.9 Å². The molecule has 1 aromatic carbocycles. The molecule has 29 heavy (non-hydrogen) atoms. The van der Waals surface area contributed by atoms with Crippen LogP contribution in [-0.4, -0.2) is 45.2 Å². The van der Waals surface area contributed by atoms with Crippen LogP contribution in [0.15, 0.2) is 30.6 Å². The number of carbonyl (C=O) groups excluding carboxylic acids is 1. The molecular formula is C21H26N6O2. The number of nitrogens with one attached hydrogen (secondary N) is 1. The number of hydrogen-bond donors (Lipinski definition) is 1. The van der Waals surface area contributed by atoms with E-state index >= 15 is 0 Å². The standard InChI is InChI=1S/C21H26N6O2/c1-4-29-18-10-6-5-9-17(18)25-19(28)16-8-7-11-26(12-16)20-14(2)15(3)24-21-22-13-23-27(20)21/h5-6,9-10,13,16H,4,7-8,11-12H2,1-3H3,(H,25,28). The maximum atomic E-state index is 13.0. The van der Waals surface area contributed by atoms with Gasteiger partial charge in [0, 0.05) is 24.3 Å². The summed E-state index contributed by atoms with van der Waals surface area (Å²) in [5, 5.41) is 7.41. The Morgan fingerprint density at radius 1 is 1.31 bits per heavy atom. The third-order valence-electron chi connectivity index (χ3n) is 5.41. The van der Waals surface area contributed by atoms with Crippen molar-refractivity contribution in [1.29, 1.82) is 0 Å². The van der Waals surface area contributed by atoms with Gasteiger partial charge in [-0.1, -0.05) is 12.1 Å². The number of nitrogens with zero attached hydrogens (tertiary/aromatic N) is 5. The maximum Gasteiger partial charge on any atom is 0.254 e. The van der Waals surface area contributed by atoms with Gasteiger partial charge < -0.3 is 15.0 Å². The zero-order valence-corrected chi connectivity index (χ0v) is 17.1. The Labute approximate surface area is 169 Å². The number of para-hydroxylation sites is 2. The fourth-order valence-electron chi connectivity index (χ4n) is 3.86. The molecule has 3 aromatic rings. The molecule has 152 valence electrons. The second-order valence-electron chi connectivity index (χ2n) is 7.32. The lowest BCUT2D eigenvalue weighted by molar-refractivity contribution is -0.120. The van der Waals surface area contributed by atoms with Gasteiger partial charge >= 0.3 is 0 Å². The van der Waals surface area contributed by atoms with Gasteiger partial charge in [-0.2, -0.15) is 14.6 Å². The van der Waals surface area contributed by atoms with Gasteiger partial charge in [-0.25, -0.2) is 4.98 Å². The largest absolute Gasteiger partial charge is 0.492 e. The average Bonchev–Trinajstić information content (AvgIpc) is 3.18. The van der Waals surface area contributed by atoms with Crippen LogP contribution < -0.4 is 15.0 Å². The molecule has 0 spiro atoms. The number of hydrogen-bond acceptors (Lipinski definition) is 6. The molecule has 8 heteroatoms. The molecule has 1 unspecified atom stereocenters. The van der Waals surface area contributed by atoms with Gasteiger partial charge in [-0.15, -0.1) is 0 Å². The van der Waals surface area contributed by atoms with Crippen LogP contribution >= 0.6 is 0 Å². The van der Waals surface area contributed by atoms with Crippen LogP contribution in [0.5, 0.6) is 5.75 Å². The van der Waals surface area contributed by atoms with Crippen molar-refractivity contribution in [1.82, 2.24) is 19.6 Å². The number of benzene rings is 1. The fourth-order valence-corrected chi connectivity index (χ4v) is 3.86. The summed E-state index contributed by atoms with van der Waals surface area (Å²) in [6.45, 7) is 8.01. The summed E-state index contributed by atoms with van der Waals surface area (Å²) in [5.74, 6) is 2.14. The number of fused-ring (bicyclic) bond motifs is 1. The number of aromatic nitrogens is 4. The lowest BCUT2D eigenvalue weighted by atomic mass is 9.96. The first kappa shape index (κ1) is 19.2. The zero-order valence-electron chi connectivity index (χ0n) is 17.1. The first-order valence-electron chi connectivity index (χ1n) is 10.0. The van der Waals surface area contributed by atoms with E-state index in [0.29, 0.717) is 30.4 Å². The molecule has 8 nitrogen and oxygen atoms in total. The summed E-state index contributed by atoms with van der Waals surface area (Å²) >= 11 is 0. The minimum absolute atomic E-state index is 0.0140. The summed E-state index contributed by atoms with van der Waals surface area (Å²) in [6, 6.07) is 7.55. The lowest BCUT2D eigenvalue weighted by Crippen LogP contribution is -2.42. The Morgan fingerprint density at radius 3 is 2.97 bits per heavy atom. The zero-order chi connectivity index (χ0) is 20.4. The number of piperidine rings is 1. The maximum absolute atomic E-state index is 13.0. The summed E-state index contributed by atoms with van der Waals surface area (Å²) in [6.07, 6.45) is 3.30. The Kier molecular flexibility index (Phi) is 5.33. The van der Waals surface area contributed by atoms with Crippen molar-refractivity contribution in [3.8, 4) is 5.75 Å². The summed E-state index contributed by atoms with van der Waals surface area (Å²) in [5.41, 5.74) is 2.70.